The smallest absolute Gasteiger partial charge is 0.435 e. The highest BCUT2D eigenvalue weighted by Gasteiger charge is 2.85. The molecule has 0 spiro atoms. The second kappa shape index (κ2) is 21.5. The zero-order valence-corrected chi connectivity index (χ0v) is 36.4. The van der Waals surface area contributed by atoms with Gasteiger partial charge < -0.3 is 29.3 Å². The Morgan fingerprint density at radius 2 is 1.51 bits per heavy atom. The third-order valence-corrected chi connectivity index (χ3v) is 16.4. The van der Waals surface area contributed by atoms with E-state index in [2.05, 4.69) is 49.6 Å². The molecular weight excluding hydrogens is 834 g/mol. The van der Waals surface area contributed by atoms with Crippen molar-refractivity contribution in [1.29, 1.82) is 0 Å². The molecule has 2 saturated carbocycles. The summed E-state index contributed by atoms with van der Waals surface area (Å²) in [5.41, 5.74) is -3.91. The van der Waals surface area contributed by atoms with Crippen LogP contribution in [0, 0.1) is 23.2 Å². The molecule has 0 aliphatic heterocycles. The van der Waals surface area contributed by atoms with Crippen molar-refractivity contribution in [3.05, 3.63) is 29.3 Å². The van der Waals surface area contributed by atoms with Crippen LogP contribution in [0.15, 0.2) is 18.2 Å². The molecule has 4 rings (SSSR count). The average molecular weight is 898 g/mol. The first-order chi connectivity index (χ1) is 27.6. The number of hydrogen-bond acceptors (Lipinski definition) is 8. The minimum atomic E-state index is -6.74. The molecule has 0 aromatic heterocycles. The van der Waals surface area contributed by atoms with Crippen molar-refractivity contribution in [3.63, 3.8) is 0 Å². The number of alkyl halides is 9. The summed E-state index contributed by atoms with van der Waals surface area (Å²) < 4.78 is 135. The Morgan fingerprint density at radius 3 is 2.17 bits per heavy atom. The first kappa shape index (κ1) is 50.5. The number of halogens is 9. The van der Waals surface area contributed by atoms with Crippen LogP contribution in [0.4, 0.5) is 39.5 Å². The number of nitrogens with zero attached hydrogens (tertiary/aromatic N) is 1. The van der Waals surface area contributed by atoms with Gasteiger partial charge in [-0.05, 0) is 138 Å². The lowest BCUT2D eigenvalue weighted by molar-refractivity contribution is -0.457. The molecular formula is C42H64F9NO5S2. The predicted octanol–water partition coefficient (Wildman–Crippen LogP) is 11.2. The third-order valence-electron chi connectivity index (χ3n) is 13.0. The summed E-state index contributed by atoms with van der Waals surface area (Å²) >= 11 is 0. The van der Waals surface area contributed by atoms with E-state index in [1.165, 1.54) is 24.0 Å². The Kier molecular flexibility index (Phi) is 18.4. The monoisotopic (exact) mass is 897 g/mol. The van der Waals surface area contributed by atoms with Crippen LogP contribution in [-0.2, 0) is 15.9 Å². The minimum absolute atomic E-state index is 0.0107. The third kappa shape index (κ3) is 12.8. The normalized spacial score (nSPS) is 24.1. The molecule has 1 aromatic rings. The lowest BCUT2D eigenvalue weighted by Gasteiger charge is -2.50. The number of ether oxygens (including phenoxy) is 3. The molecule has 3 aliphatic carbocycles. The van der Waals surface area contributed by atoms with E-state index in [-0.39, 0.29) is 42.0 Å². The first-order valence-electron chi connectivity index (χ1n) is 21.0. The molecule has 0 heterocycles. The highest BCUT2D eigenvalue weighted by molar-refractivity contribution is 8.77. The SMILES string of the molecule is CN(CCOc1ccc2c(c1)CCC1[C@@H]2CC[C@]2(C)[C@@H](OCCCOC(C(F)(F)F)(C(F)(F)F)C(F)(F)F)CC[C@@H]12)CCC(C)(C)SSCCCCCCC(CO)CO. The number of likely N-dealkylation sites (N-methyl/N-ethyl adjacent to an activating group) is 1. The molecule has 5 atom stereocenters. The highest BCUT2D eigenvalue weighted by Crippen LogP contribution is 2.62. The Labute approximate surface area is 351 Å². The van der Waals surface area contributed by atoms with E-state index in [0.717, 1.165) is 82.4 Å². The Balaban J connectivity index is 1.17. The number of unbranched alkanes of at least 4 members (excludes halogenated alkanes) is 3. The van der Waals surface area contributed by atoms with E-state index in [1.807, 2.05) is 27.7 Å². The van der Waals surface area contributed by atoms with Gasteiger partial charge in [0.25, 0.3) is 0 Å². The molecule has 0 bridgehead atoms. The van der Waals surface area contributed by atoms with Crippen molar-refractivity contribution in [3.8, 4) is 5.75 Å². The molecule has 3 aliphatic rings. The quantitative estimate of drug-likeness (QED) is 0.0604. The molecule has 0 radical (unpaired) electrons. The van der Waals surface area contributed by atoms with Crippen LogP contribution < -0.4 is 4.74 Å². The maximum absolute atomic E-state index is 13.2. The van der Waals surface area contributed by atoms with Gasteiger partial charge in [-0.25, -0.2) is 0 Å². The minimum Gasteiger partial charge on any atom is -0.492 e. The summed E-state index contributed by atoms with van der Waals surface area (Å²) in [6.45, 7) is 7.40. The van der Waals surface area contributed by atoms with Gasteiger partial charge in [0, 0.05) is 42.8 Å². The van der Waals surface area contributed by atoms with Crippen molar-refractivity contribution >= 4 is 21.6 Å². The van der Waals surface area contributed by atoms with Crippen LogP contribution in [0.25, 0.3) is 0 Å². The van der Waals surface area contributed by atoms with Crippen molar-refractivity contribution < 1.29 is 63.9 Å². The van der Waals surface area contributed by atoms with Crippen LogP contribution in [-0.4, -0.2) is 109 Å². The lowest BCUT2D eigenvalue weighted by Crippen LogP contribution is -2.67. The first-order valence-corrected chi connectivity index (χ1v) is 23.3. The van der Waals surface area contributed by atoms with Crippen molar-refractivity contribution in [2.45, 2.75) is 145 Å². The molecule has 1 unspecified atom stereocenters. The van der Waals surface area contributed by atoms with Gasteiger partial charge in [-0.15, -0.1) is 0 Å². The molecule has 1 aromatic carbocycles. The van der Waals surface area contributed by atoms with Crippen LogP contribution >= 0.6 is 21.6 Å². The average Bonchev–Trinajstić information content (AvgIpc) is 3.49. The number of hydrogen-bond donors (Lipinski definition) is 2. The summed E-state index contributed by atoms with van der Waals surface area (Å²) in [7, 11) is 5.99. The van der Waals surface area contributed by atoms with E-state index in [1.54, 1.807) is 0 Å². The molecule has 2 fully saturated rings. The van der Waals surface area contributed by atoms with Gasteiger partial charge in [0.15, 0.2) is 0 Å². The lowest BCUT2D eigenvalue weighted by atomic mass is 9.55. The molecule has 0 amide bonds. The largest absolute Gasteiger partial charge is 0.492 e. The molecule has 2 N–H and O–H groups in total. The second-order valence-electron chi connectivity index (χ2n) is 17.6. The summed E-state index contributed by atoms with van der Waals surface area (Å²) in [6, 6.07) is 6.38. The number of aryl methyl sites for hydroxylation is 1. The van der Waals surface area contributed by atoms with Crippen molar-refractivity contribution in [2.75, 3.05) is 58.9 Å². The maximum Gasteiger partial charge on any atom is 0.435 e. The van der Waals surface area contributed by atoms with Gasteiger partial charge in [0.1, 0.15) is 12.4 Å². The molecule has 17 heteroatoms. The van der Waals surface area contributed by atoms with E-state index >= 15 is 0 Å². The Hall–Kier alpha value is -1.11. The zero-order valence-electron chi connectivity index (χ0n) is 34.8. The van der Waals surface area contributed by atoms with E-state index in [0.29, 0.717) is 30.8 Å². The fourth-order valence-corrected chi connectivity index (χ4v) is 12.1. The summed E-state index contributed by atoms with van der Waals surface area (Å²) in [6.07, 6.45) is -9.55. The van der Waals surface area contributed by atoms with Crippen LogP contribution in [0.3, 0.4) is 0 Å². The molecule has 6 nitrogen and oxygen atoms in total. The van der Waals surface area contributed by atoms with Gasteiger partial charge in [-0.3, -0.25) is 0 Å². The van der Waals surface area contributed by atoms with Gasteiger partial charge in [0.05, 0.1) is 12.7 Å². The van der Waals surface area contributed by atoms with E-state index in [9.17, 15) is 49.7 Å². The van der Waals surface area contributed by atoms with Gasteiger partial charge >= 0.3 is 24.1 Å². The topological polar surface area (TPSA) is 71.4 Å². The summed E-state index contributed by atoms with van der Waals surface area (Å²) in [5, 5.41) is 18.4. The number of aliphatic hydroxyl groups excluding tert-OH is 2. The molecule has 0 saturated heterocycles. The number of benzene rings is 1. The fourth-order valence-electron chi connectivity index (χ4n) is 9.43. The number of rotatable bonds is 24. The summed E-state index contributed by atoms with van der Waals surface area (Å²) in [5.74, 6) is 3.02. The zero-order chi connectivity index (χ0) is 43.7. The number of fused-ring (bicyclic) bond motifs is 5. The van der Waals surface area contributed by atoms with Gasteiger partial charge in [0.2, 0.25) is 0 Å². The Bertz CT molecular complexity index is 1390. The predicted molar refractivity (Wildman–Crippen MR) is 215 cm³/mol. The maximum atomic E-state index is 13.2. The molecule has 59 heavy (non-hydrogen) atoms. The standard InChI is InChI=1S/C42H64F9NO5S2/c1-37(2,59-58-25-8-6-5-7-10-29(27-53)28-54)19-20-52(4)21-24-55-31-12-14-32-30(26-31)11-13-34-33(32)17-18-38(3)35(34)15-16-36(38)56-22-9-23-57-39(40(43,44)45,41(46,47)48)42(49,50)51/h12,14,26,29,33-36,53-54H,5-11,13,15-25,27-28H2,1-4H3/t33-,34?,35+,36+,38+/m1/s1. The van der Waals surface area contributed by atoms with E-state index < -0.39 is 37.2 Å². The van der Waals surface area contributed by atoms with Gasteiger partial charge in [-0.2, -0.15) is 39.5 Å². The van der Waals surface area contributed by atoms with Crippen molar-refractivity contribution in [1.82, 2.24) is 4.90 Å². The number of aliphatic hydroxyl groups is 2. The molecule has 342 valence electrons. The highest BCUT2D eigenvalue weighted by atomic mass is 33.1. The fraction of sp³-hybridized carbons (Fsp3) is 0.857. The second-order valence-corrected chi connectivity index (χ2v) is 20.8. The van der Waals surface area contributed by atoms with Crippen LogP contribution in [0.1, 0.15) is 115 Å². The summed E-state index contributed by atoms with van der Waals surface area (Å²) in [4.78, 5) is 2.30. The van der Waals surface area contributed by atoms with Crippen LogP contribution in [0.2, 0.25) is 0 Å². The van der Waals surface area contributed by atoms with Crippen molar-refractivity contribution in [2.24, 2.45) is 23.2 Å². The van der Waals surface area contributed by atoms with Gasteiger partial charge in [-0.1, -0.05) is 53.8 Å². The van der Waals surface area contributed by atoms with E-state index in [4.69, 9.17) is 9.47 Å². The van der Waals surface area contributed by atoms with Crippen LogP contribution in [0.5, 0.6) is 5.75 Å². The Morgan fingerprint density at radius 1 is 0.831 bits per heavy atom.